The van der Waals surface area contributed by atoms with Crippen LogP contribution in [0.5, 0.6) is 11.5 Å². The van der Waals surface area contributed by atoms with Crippen LogP contribution < -0.4 is 9.47 Å². The maximum Gasteiger partial charge on any atom is 0.410 e. The Kier molecular flexibility index (Phi) is 9.64. The third kappa shape index (κ3) is 7.86. The minimum atomic E-state index is -0.503. The second-order valence-corrected chi connectivity index (χ2v) is 9.78. The van der Waals surface area contributed by atoms with Crippen LogP contribution in [0.2, 0.25) is 0 Å². The highest BCUT2D eigenvalue weighted by Crippen LogP contribution is 2.22. The van der Waals surface area contributed by atoms with E-state index in [1.807, 2.05) is 30.3 Å². The molecular formula is C29H34F2N4O4. The summed E-state index contributed by atoms with van der Waals surface area (Å²) >= 11 is 0. The molecule has 0 aliphatic carbocycles. The summed E-state index contributed by atoms with van der Waals surface area (Å²) in [4.78, 5) is 23.2. The minimum absolute atomic E-state index is 0.0290. The Morgan fingerprint density at radius 2 is 1.46 bits per heavy atom. The third-order valence-electron chi connectivity index (χ3n) is 6.89. The number of likely N-dealkylation sites (N-methyl/N-ethyl adjacent to an activating group) is 1. The van der Waals surface area contributed by atoms with Gasteiger partial charge in [-0.25, -0.2) is 14.8 Å². The van der Waals surface area contributed by atoms with Gasteiger partial charge in [-0.15, -0.1) is 0 Å². The van der Waals surface area contributed by atoms with Gasteiger partial charge in [-0.1, -0.05) is 30.3 Å². The molecule has 0 saturated carbocycles. The molecule has 2 saturated heterocycles. The van der Waals surface area contributed by atoms with Gasteiger partial charge in [0.25, 0.3) is 0 Å². The Labute approximate surface area is 227 Å². The van der Waals surface area contributed by atoms with Crippen LogP contribution in [-0.4, -0.2) is 71.3 Å². The molecule has 39 heavy (non-hydrogen) atoms. The Morgan fingerprint density at radius 1 is 0.897 bits per heavy atom. The van der Waals surface area contributed by atoms with Crippen LogP contribution in [0.4, 0.5) is 13.6 Å². The SMILES string of the molecule is Cc1cc(OC[C@@H]2CCN2C(=O)OCc2ccccc2)cnc1F.Cc1cc(OC[C@@H]2CCN2C)cnc1F. The van der Waals surface area contributed by atoms with Gasteiger partial charge >= 0.3 is 6.09 Å². The summed E-state index contributed by atoms with van der Waals surface area (Å²) < 4.78 is 42.5. The van der Waals surface area contributed by atoms with Crippen molar-refractivity contribution in [1.82, 2.24) is 19.8 Å². The topological polar surface area (TPSA) is 77.0 Å². The van der Waals surface area contributed by atoms with E-state index in [1.165, 1.54) is 18.8 Å². The van der Waals surface area contributed by atoms with E-state index in [9.17, 15) is 13.6 Å². The van der Waals surface area contributed by atoms with Gasteiger partial charge < -0.3 is 19.1 Å². The van der Waals surface area contributed by atoms with Crippen LogP contribution >= 0.6 is 0 Å². The van der Waals surface area contributed by atoms with E-state index >= 15 is 0 Å². The molecule has 1 amide bonds. The summed E-state index contributed by atoms with van der Waals surface area (Å²) in [5.74, 6) is 0.216. The molecule has 2 fully saturated rings. The number of carbonyl (C=O) groups is 1. The predicted molar refractivity (Wildman–Crippen MR) is 142 cm³/mol. The molecule has 2 aliphatic heterocycles. The number of benzene rings is 1. The zero-order chi connectivity index (χ0) is 27.8. The molecule has 0 bridgehead atoms. The van der Waals surface area contributed by atoms with Gasteiger partial charge in [-0.3, -0.25) is 4.90 Å². The smallest absolute Gasteiger partial charge is 0.410 e. The molecule has 8 nitrogen and oxygen atoms in total. The number of amides is 1. The average molecular weight is 541 g/mol. The number of aryl methyl sites for hydroxylation is 2. The lowest BCUT2D eigenvalue weighted by atomic mass is 10.1. The van der Waals surface area contributed by atoms with Crippen molar-refractivity contribution in [2.24, 2.45) is 0 Å². The number of carbonyl (C=O) groups excluding carboxylic acids is 1. The lowest BCUT2D eigenvalue weighted by molar-refractivity contribution is 0.0259. The van der Waals surface area contributed by atoms with E-state index in [2.05, 4.69) is 21.9 Å². The number of hydrogen-bond donors (Lipinski definition) is 0. The van der Waals surface area contributed by atoms with Crippen molar-refractivity contribution in [3.05, 3.63) is 83.4 Å². The Morgan fingerprint density at radius 3 is 1.92 bits per heavy atom. The summed E-state index contributed by atoms with van der Waals surface area (Å²) in [5.41, 5.74) is 1.90. The first kappa shape index (κ1) is 28.2. The Balaban J connectivity index is 0.000000202. The number of rotatable bonds is 8. The zero-order valence-electron chi connectivity index (χ0n) is 22.5. The standard InChI is InChI=1S/C18H19FN2O3.C11H15FN2O/c1-13-9-16(10-20-17(13)19)23-12-15-7-8-21(15)18(22)24-11-14-5-3-2-4-6-14;1-8-5-10(6-13-11(8)12)15-7-9-3-4-14(9)2/h2-6,9-10,15H,7-8,11-12H2,1H3;5-6,9H,3-4,7H2,1-2H3/t15-;9-/m00/s1. The monoisotopic (exact) mass is 540 g/mol. The third-order valence-corrected chi connectivity index (χ3v) is 6.89. The van der Waals surface area contributed by atoms with Crippen LogP contribution in [0, 0.1) is 25.7 Å². The number of nitrogens with zero attached hydrogens (tertiary/aromatic N) is 4. The fraction of sp³-hybridized carbons (Fsp3) is 0.414. The number of aromatic nitrogens is 2. The molecule has 1 aromatic carbocycles. The summed E-state index contributed by atoms with van der Waals surface area (Å²) in [5, 5.41) is 0. The summed E-state index contributed by atoms with van der Waals surface area (Å²) in [6.07, 6.45) is 4.46. The summed E-state index contributed by atoms with van der Waals surface area (Å²) in [7, 11) is 2.08. The lowest BCUT2D eigenvalue weighted by Crippen LogP contribution is -2.54. The minimum Gasteiger partial charge on any atom is -0.490 e. The molecule has 0 unspecified atom stereocenters. The first-order chi connectivity index (χ1) is 18.8. The van der Waals surface area contributed by atoms with E-state index in [4.69, 9.17) is 14.2 Å². The number of pyridine rings is 2. The highest BCUT2D eigenvalue weighted by atomic mass is 19.1. The Hall–Kier alpha value is -3.79. The van der Waals surface area contributed by atoms with Crippen molar-refractivity contribution in [2.75, 3.05) is 33.4 Å². The molecule has 4 heterocycles. The molecule has 5 rings (SSSR count). The van der Waals surface area contributed by atoms with Crippen molar-refractivity contribution >= 4 is 6.09 Å². The molecule has 2 atom stereocenters. The van der Waals surface area contributed by atoms with Gasteiger partial charge in [-0.2, -0.15) is 8.78 Å². The molecule has 10 heteroatoms. The van der Waals surface area contributed by atoms with Crippen molar-refractivity contribution in [3.63, 3.8) is 0 Å². The van der Waals surface area contributed by atoms with E-state index in [1.54, 1.807) is 30.9 Å². The molecule has 208 valence electrons. The highest BCUT2D eigenvalue weighted by molar-refractivity contribution is 5.69. The molecule has 0 N–H and O–H groups in total. The van der Waals surface area contributed by atoms with Crippen LogP contribution in [-0.2, 0) is 11.3 Å². The normalized spacial score (nSPS) is 18.2. The fourth-order valence-corrected chi connectivity index (χ4v) is 4.04. The summed E-state index contributed by atoms with van der Waals surface area (Å²) in [6, 6.07) is 13.3. The van der Waals surface area contributed by atoms with Crippen LogP contribution in [0.3, 0.4) is 0 Å². The first-order valence-electron chi connectivity index (χ1n) is 13.0. The second kappa shape index (κ2) is 13.3. The molecule has 0 spiro atoms. The highest BCUT2D eigenvalue weighted by Gasteiger charge is 2.34. The molecule has 0 radical (unpaired) electrons. The van der Waals surface area contributed by atoms with E-state index in [0.717, 1.165) is 18.5 Å². The Bertz CT molecular complexity index is 1250. The van der Waals surface area contributed by atoms with E-state index in [-0.39, 0.29) is 18.7 Å². The van der Waals surface area contributed by atoms with Gasteiger partial charge in [0, 0.05) is 23.7 Å². The van der Waals surface area contributed by atoms with Gasteiger partial charge in [0.2, 0.25) is 11.9 Å². The van der Waals surface area contributed by atoms with Gasteiger partial charge in [0.1, 0.15) is 31.3 Å². The number of likely N-dealkylation sites (tertiary alicyclic amines) is 2. The number of halogens is 2. The zero-order valence-corrected chi connectivity index (χ0v) is 22.5. The molecule has 3 aromatic rings. The quantitative estimate of drug-likeness (QED) is 0.375. The van der Waals surface area contributed by atoms with Gasteiger partial charge in [0.05, 0.1) is 18.4 Å². The number of ether oxygens (including phenoxy) is 3. The van der Waals surface area contributed by atoms with Gasteiger partial charge in [-0.05, 0) is 58.0 Å². The summed E-state index contributed by atoms with van der Waals surface area (Å²) in [6.45, 7) is 6.36. The average Bonchev–Trinajstić information content (AvgIpc) is 2.91. The second-order valence-electron chi connectivity index (χ2n) is 9.78. The molecule has 2 aliphatic rings. The van der Waals surface area contributed by atoms with E-state index in [0.29, 0.717) is 48.4 Å². The molecular weight excluding hydrogens is 506 g/mol. The fourth-order valence-electron chi connectivity index (χ4n) is 4.04. The van der Waals surface area contributed by atoms with Crippen molar-refractivity contribution in [2.45, 2.75) is 45.4 Å². The van der Waals surface area contributed by atoms with Crippen molar-refractivity contribution in [1.29, 1.82) is 0 Å². The van der Waals surface area contributed by atoms with E-state index < -0.39 is 11.9 Å². The first-order valence-corrected chi connectivity index (χ1v) is 13.0. The maximum atomic E-state index is 13.1. The molecule has 2 aromatic heterocycles. The van der Waals surface area contributed by atoms with Crippen LogP contribution in [0.15, 0.2) is 54.9 Å². The predicted octanol–water partition coefficient (Wildman–Crippen LogP) is 4.93. The van der Waals surface area contributed by atoms with Crippen molar-refractivity contribution < 1.29 is 27.8 Å². The number of hydrogen-bond acceptors (Lipinski definition) is 7. The van der Waals surface area contributed by atoms with Crippen LogP contribution in [0.25, 0.3) is 0 Å². The largest absolute Gasteiger partial charge is 0.490 e. The van der Waals surface area contributed by atoms with Crippen molar-refractivity contribution in [3.8, 4) is 11.5 Å². The van der Waals surface area contributed by atoms with Crippen LogP contribution in [0.1, 0.15) is 29.5 Å². The lowest BCUT2D eigenvalue weighted by Gasteiger charge is -2.39. The van der Waals surface area contributed by atoms with Gasteiger partial charge in [0.15, 0.2) is 0 Å². The maximum absolute atomic E-state index is 13.1.